The van der Waals surface area contributed by atoms with E-state index < -0.39 is 0 Å². The fourth-order valence-corrected chi connectivity index (χ4v) is 3.34. The van der Waals surface area contributed by atoms with Crippen LogP contribution in [0.5, 0.6) is 0 Å². The SMILES string of the molecule is CCCC1(C(=O)NC2CCC(N)CC2)CCCN1. The number of hydrogen-bond donors (Lipinski definition) is 3. The van der Waals surface area contributed by atoms with E-state index in [9.17, 15) is 4.79 Å². The van der Waals surface area contributed by atoms with Crippen LogP contribution >= 0.6 is 0 Å². The highest BCUT2D eigenvalue weighted by atomic mass is 16.2. The minimum absolute atomic E-state index is 0.224. The fourth-order valence-electron chi connectivity index (χ4n) is 3.34. The van der Waals surface area contributed by atoms with Crippen molar-refractivity contribution in [1.82, 2.24) is 10.6 Å². The quantitative estimate of drug-likeness (QED) is 0.707. The Morgan fingerprint density at radius 3 is 2.67 bits per heavy atom. The first-order chi connectivity index (χ1) is 8.66. The average Bonchev–Trinajstić information content (AvgIpc) is 2.82. The van der Waals surface area contributed by atoms with Crippen LogP contribution in [0.2, 0.25) is 0 Å². The number of nitrogens with one attached hydrogen (secondary N) is 2. The van der Waals surface area contributed by atoms with Crippen LogP contribution in [-0.2, 0) is 4.79 Å². The minimum Gasteiger partial charge on any atom is -0.352 e. The van der Waals surface area contributed by atoms with Gasteiger partial charge in [-0.25, -0.2) is 0 Å². The summed E-state index contributed by atoms with van der Waals surface area (Å²) in [4.78, 5) is 12.5. The van der Waals surface area contributed by atoms with Crippen molar-refractivity contribution in [2.75, 3.05) is 6.54 Å². The molecule has 18 heavy (non-hydrogen) atoms. The van der Waals surface area contributed by atoms with Crippen molar-refractivity contribution in [2.45, 2.75) is 75.9 Å². The van der Waals surface area contributed by atoms with Crippen LogP contribution in [0.3, 0.4) is 0 Å². The number of amides is 1. The summed E-state index contributed by atoms with van der Waals surface area (Å²) in [6.07, 6.45) is 8.26. The van der Waals surface area contributed by atoms with Crippen molar-refractivity contribution >= 4 is 5.91 Å². The third-order valence-corrected chi connectivity index (χ3v) is 4.46. The maximum absolute atomic E-state index is 12.5. The first-order valence-electron chi connectivity index (χ1n) is 7.48. The zero-order valence-electron chi connectivity index (χ0n) is 11.5. The molecule has 1 unspecified atom stereocenters. The van der Waals surface area contributed by atoms with Gasteiger partial charge in [-0.05, 0) is 51.5 Å². The predicted molar refractivity (Wildman–Crippen MR) is 73.2 cm³/mol. The predicted octanol–water partition coefficient (Wildman–Crippen LogP) is 1.29. The Balaban J connectivity index is 1.89. The number of rotatable bonds is 4. The van der Waals surface area contributed by atoms with Crippen LogP contribution in [0.15, 0.2) is 0 Å². The van der Waals surface area contributed by atoms with Gasteiger partial charge in [0.25, 0.3) is 0 Å². The second-order valence-corrected chi connectivity index (χ2v) is 5.95. The van der Waals surface area contributed by atoms with Gasteiger partial charge < -0.3 is 16.4 Å². The summed E-state index contributed by atoms with van der Waals surface area (Å²) in [5.74, 6) is 0.224. The van der Waals surface area contributed by atoms with Crippen LogP contribution in [0, 0.1) is 0 Å². The zero-order valence-corrected chi connectivity index (χ0v) is 11.5. The van der Waals surface area contributed by atoms with Crippen LogP contribution in [-0.4, -0.2) is 30.1 Å². The van der Waals surface area contributed by atoms with Gasteiger partial charge in [-0.2, -0.15) is 0 Å². The largest absolute Gasteiger partial charge is 0.352 e. The molecule has 1 amide bonds. The van der Waals surface area contributed by atoms with Gasteiger partial charge in [0.1, 0.15) is 0 Å². The molecule has 0 aromatic rings. The summed E-state index contributed by atoms with van der Waals surface area (Å²) >= 11 is 0. The normalized spacial score (nSPS) is 36.6. The summed E-state index contributed by atoms with van der Waals surface area (Å²) in [5.41, 5.74) is 5.62. The molecule has 0 bridgehead atoms. The molecule has 1 atom stereocenters. The third kappa shape index (κ3) is 3.04. The molecule has 2 rings (SSSR count). The lowest BCUT2D eigenvalue weighted by Crippen LogP contribution is -2.56. The second-order valence-electron chi connectivity index (χ2n) is 5.95. The molecule has 4 N–H and O–H groups in total. The van der Waals surface area contributed by atoms with E-state index in [0.29, 0.717) is 12.1 Å². The van der Waals surface area contributed by atoms with Gasteiger partial charge in [0.15, 0.2) is 0 Å². The lowest BCUT2D eigenvalue weighted by Gasteiger charge is -2.33. The van der Waals surface area contributed by atoms with Gasteiger partial charge in [0.05, 0.1) is 5.54 Å². The molecule has 1 saturated heterocycles. The van der Waals surface area contributed by atoms with Crippen LogP contribution < -0.4 is 16.4 Å². The minimum atomic E-state index is -0.283. The Morgan fingerprint density at radius 2 is 2.11 bits per heavy atom. The van der Waals surface area contributed by atoms with Gasteiger partial charge in [-0.15, -0.1) is 0 Å². The van der Waals surface area contributed by atoms with Crippen molar-refractivity contribution < 1.29 is 4.79 Å². The number of carbonyl (C=O) groups excluding carboxylic acids is 1. The maximum atomic E-state index is 12.5. The van der Waals surface area contributed by atoms with Gasteiger partial charge >= 0.3 is 0 Å². The number of carbonyl (C=O) groups is 1. The average molecular weight is 253 g/mol. The first kappa shape index (κ1) is 13.8. The van der Waals surface area contributed by atoms with E-state index in [1.165, 1.54) is 0 Å². The highest BCUT2D eigenvalue weighted by Gasteiger charge is 2.40. The van der Waals surface area contributed by atoms with Crippen molar-refractivity contribution in [3.8, 4) is 0 Å². The lowest BCUT2D eigenvalue weighted by molar-refractivity contribution is -0.128. The Labute approximate surface area is 110 Å². The van der Waals surface area contributed by atoms with Gasteiger partial charge in [0.2, 0.25) is 5.91 Å². The molecule has 1 aliphatic carbocycles. The van der Waals surface area contributed by atoms with E-state index in [-0.39, 0.29) is 11.4 Å². The van der Waals surface area contributed by atoms with Crippen molar-refractivity contribution in [1.29, 1.82) is 0 Å². The van der Waals surface area contributed by atoms with E-state index in [1.807, 2.05) is 0 Å². The monoisotopic (exact) mass is 253 g/mol. The van der Waals surface area contributed by atoms with E-state index in [0.717, 1.165) is 57.9 Å². The summed E-state index contributed by atoms with van der Waals surface area (Å²) in [7, 11) is 0. The number of hydrogen-bond acceptors (Lipinski definition) is 3. The molecule has 0 aromatic carbocycles. The summed E-state index contributed by atoms with van der Waals surface area (Å²) in [6, 6.07) is 0.681. The Bertz CT molecular complexity index is 279. The number of nitrogens with two attached hydrogens (primary N) is 1. The summed E-state index contributed by atoms with van der Waals surface area (Å²) in [6.45, 7) is 3.12. The van der Waals surface area contributed by atoms with Gasteiger partial charge in [0, 0.05) is 12.1 Å². The topological polar surface area (TPSA) is 67.2 Å². The molecular formula is C14H27N3O. The van der Waals surface area contributed by atoms with E-state index >= 15 is 0 Å². The van der Waals surface area contributed by atoms with Crippen molar-refractivity contribution in [3.05, 3.63) is 0 Å². The molecule has 2 fully saturated rings. The molecule has 2 aliphatic rings. The van der Waals surface area contributed by atoms with Crippen LogP contribution in [0.1, 0.15) is 58.3 Å². The molecule has 0 radical (unpaired) electrons. The molecule has 4 heteroatoms. The standard InChI is InChI=1S/C14H27N3O/c1-2-8-14(9-3-10-16-14)13(18)17-12-6-4-11(15)5-7-12/h11-12,16H,2-10,15H2,1H3,(H,17,18). The zero-order chi connectivity index (χ0) is 13.0. The van der Waals surface area contributed by atoms with Gasteiger partial charge in [-0.3, -0.25) is 4.79 Å². The Hall–Kier alpha value is -0.610. The van der Waals surface area contributed by atoms with E-state index in [2.05, 4.69) is 17.6 Å². The Morgan fingerprint density at radius 1 is 1.39 bits per heavy atom. The molecule has 104 valence electrons. The lowest BCUT2D eigenvalue weighted by atomic mass is 9.88. The highest BCUT2D eigenvalue weighted by molar-refractivity contribution is 5.86. The van der Waals surface area contributed by atoms with Crippen molar-refractivity contribution in [2.24, 2.45) is 5.73 Å². The van der Waals surface area contributed by atoms with Crippen LogP contribution in [0.25, 0.3) is 0 Å². The molecule has 1 heterocycles. The van der Waals surface area contributed by atoms with E-state index in [4.69, 9.17) is 5.73 Å². The Kier molecular flexibility index (Phi) is 4.62. The summed E-state index contributed by atoms with van der Waals surface area (Å²) in [5, 5.41) is 6.68. The highest BCUT2D eigenvalue weighted by Crippen LogP contribution is 2.26. The molecule has 4 nitrogen and oxygen atoms in total. The molecule has 1 saturated carbocycles. The van der Waals surface area contributed by atoms with Crippen LogP contribution in [0.4, 0.5) is 0 Å². The van der Waals surface area contributed by atoms with E-state index in [1.54, 1.807) is 0 Å². The third-order valence-electron chi connectivity index (χ3n) is 4.46. The summed E-state index contributed by atoms with van der Waals surface area (Å²) < 4.78 is 0. The molecule has 1 aliphatic heterocycles. The maximum Gasteiger partial charge on any atom is 0.240 e. The van der Waals surface area contributed by atoms with Crippen molar-refractivity contribution in [3.63, 3.8) is 0 Å². The molecule has 0 aromatic heterocycles. The smallest absolute Gasteiger partial charge is 0.240 e. The fraction of sp³-hybridized carbons (Fsp3) is 0.929. The first-order valence-corrected chi connectivity index (χ1v) is 7.48. The second kappa shape index (κ2) is 6.02. The van der Waals surface area contributed by atoms with Gasteiger partial charge in [-0.1, -0.05) is 13.3 Å². The molecule has 0 spiro atoms. The molecular weight excluding hydrogens is 226 g/mol.